The molecule has 216 valence electrons. The van der Waals surface area contributed by atoms with Crippen molar-refractivity contribution in [2.75, 3.05) is 12.4 Å². The number of hydrogen-bond donors (Lipinski definition) is 4. The standard InChI is InChI=1S/C28H35N3O9/c1-28(2,3)40-24(34)16-22(31-27(37)39-17-18-9-6-5-7-10-18)26(36)30-21(13-14-23(32)33)25(35)29-19-11-8-12-20(15-19)38-4/h5-12,15,21-22H,13-14,16-17H2,1-4H3,(H,29,35)(H,30,36)(H,31,37)(H,32,33). The number of rotatable bonds is 13. The highest BCUT2D eigenvalue weighted by Crippen LogP contribution is 2.17. The van der Waals surface area contributed by atoms with Crippen LogP contribution < -0.4 is 20.7 Å². The molecule has 0 radical (unpaired) electrons. The summed E-state index contributed by atoms with van der Waals surface area (Å²) in [6.07, 6.45) is -2.23. The van der Waals surface area contributed by atoms with Crippen molar-refractivity contribution < 1.29 is 43.3 Å². The number of anilines is 1. The zero-order valence-electron chi connectivity index (χ0n) is 22.9. The van der Waals surface area contributed by atoms with Gasteiger partial charge in [-0.05, 0) is 44.9 Å². The molecule has 0 heterocycles. The molecule has 12 nitrogen and oxygen atoms in total. The second-order valence-electron chi connectivity index (χ2n) is 9.76. The van der Waals surface area contributed by atoms with Gasteiger partial charge >= 0.3 is 18.0 Å². The molecular weight excluding hydrogens is 522 g/mol. The van der Waals surface area contributed by atoms with Crippen LogP contribution in [0, 0.1) is 0 Å². The van der Waals surface area contributed by atoms with Gasteiger partial charge in [0.25, 0.3) is 0 Å². The maximum atomic E-state index is 13.2. The van der Waals surface area contributed by atoms with Crippen molar-refractivity contribution in [3.05, 3.63) is 60.2 Å². The Hall–Kier alpha value is -4.61. The van der Waals surface area contributed by atoms with E-state index >= 15 is 0 Å². The molecule has 3 amide bonds. The summed E-state index contributed by atoms with van der Waals surface area (Å²) >= 11 is 0. The molecule has 4 N–H and O–H groups in total. The number of nitrogens with one attached hydrogen (secondary N) is 3. The van der Waals surface area contributed by atoms with E-state index in [4.69, 9.17) is 19.3 Å². The number of carbonyl (C=O) groups excluding carboxylic acids is 4. The molecular formula is C28H35N3O9. The zero-order valence-corrected chi connectivity index (χ0v) is 22.9. The van der Waals surface area contributed by atoms with Crippen LogP contribution in [0.4, 0.5) is 10.5 Å². The molecule has 2 unspecified atom stereocenters. The Kier molecular flexibility index (Phi) is 11.9. The molecule has 0 saturated heterocycles. The number of amides is 3. The molecule has 2 atom stereocenters. The van der Waals surface area contributed by atoms with Gasteiger partial charge in [-0.15, -0.1) is 0 Å². The second-order valence-corrected chi connectivity index (χ2v) is 9.76. The zero-order chi connectivity index (χ0) is 29.7. The van der Waals surface area contributed by atoms with Crippen molar-refractivity contribution in [3.8, 4) is 5.75 Å². The van der Waals surface area contributed by atoms with Gasteiger partial charge in [0.15, 0.2) is 0 Å². The van der Waals surface area contributed by atoms with Gasteiger partial charge in [0.1, 0.15) is 30.0 Å². The average molecular weight is 558 g/mol. The van der Waals surface area contributed by atoms with Crippen molar-refractivity contribution in [2.24, 2.45) is 0 Å². The molecule has 0 aliphatic carbocycles. The third-order valence-corrected chi connectivity index (χ3v) is 5.23. The van der Waals surface area contributed by atoms with Gasteiger partial charge in [0.2, 0.25) is 11.8 Å². The van der Waals surface area contributed by atoms with Crippen LogP contribution in [0.5, 0.6) is 5.75 Å². The van der Waals surface area contributed by atoms with E-state index in [0.29, 0.717) is 17.0 Å². The lowest BCUT2D eigenvalue weighted by molar-refractivity contribution is -0.156. The highest BCUT2D eigenvalue weighted by molar-refractivity contribution is 5.99. The Morgan fingerprint density at radius 3 is 2.23 bits per heavy atom. The highest BCUT2D eigenvalue weighted by Gasteiger charge is 2.31. The van der Waals surface area contributed by atoms with E-state index in [9.17, 15) is 24.0 Å². The summed E-state index contributed by atoms with van der Waals surface area (Å²) in [5.41, 5.74) is 0.202. The third-order valence-electron chi connectivity index (χ3n) is 5.23. The number of alkyl carbamates (subject to hydrolysis) is 1. The Labute approximate surface area is 232 Å². The van der Waals surface area contributed by atoms with Gasteiger partial charge < -0.3 is 35.3 Å². The number of aliphatic carboxylic acids is 1. The highest BCUT2D eigenvalue weighted by atomic mass is 16.6. The number of methoxy groups -OCH3 is 1. The van der Waals surface area contributed by atoms with Crippen molar-refractivity contribution in [1.82, 2.24) is 10.6 Å². The van der Waals surface area contributed by atoms with Crippen LogP contribution in [0.1, 0.15) is 45.6 Å². The Balaban J connectivity index is 2.18. The first kappa shape index (κ1) is 31.6. The van der Waals surface area contributed by atoms with Gasteiger partial charge in [-0.25, -0.2) is 4.79 Å². The Bertz CT molecular complexity index is 1180. The second kappa shape index (κ2) is 15.1. The smallest absolute Gasteiger partial charge is 0.408 e. The van der Waals surface area contributed by atoms with Gasteiger partial charge in [0, 0.05) is 18.2 Å². The Morgan fingerprint density at radius 1 is 0.900 bits per heavy atom. The van der Waals surface area contributed by atoms with E-state index in [1.54, 1.807) is 75.4 Å². The fraction of sp³-hybridized carbons (Fsp3) is 0.393. The van der Waals surface area contributed by atoms with Gasteiger partial charge in [-0.2, -0.15) is 0 Å². The van der Waals surface area contributed by atoms with Crippen LogP contribution in [-0.2, 0) is 35.3 Å². The molecule has 12 heteroatoms. The predicted octanol–water partition coefficient (Wildman–Crippen LogP) is 3.01. The molecule has 0 fully saturated rings. The molecule has 0 aliphatic rings. The maximum Gasteiger partial charge on any atom is 0.408 e. The SMILES string of the molecule is COc1cccc(NC(=O)C(CCC(=O)O)NC(=O)C(CC(=O)OC(C)(C)C)NC(=O)OCc2ccccc2)c1. The molecule has 0 spiro atoms. The molecule has 40 heavy (non-hydrogen) atoms. The fourth-order valence-corrected chi connectivity index (χ4v) is 3.41. The average Bonchev–Trinajstić information content (AvgIpc) is 2.88. The lowest BCUT2D eigenvalue weighted by atomic mass is 10.1. The van der Waals surface area contributed by atoms with Gasteiger partial charge in [-0.3, -0.25) is 19.2 Å². The summed E-state index contributed by atoms with van der Waals surface area (Å²) in [5, 5.41) is 16.5. The third kappa shape index (κ3) is 11.8. The van der Waals surface area contributed by atoms with E-state index in [1.165, 1.54) is 7.11 Å². The maximum absolute atomic E-state index is 13.2. The van der Waals surface area contributed by atoms with E-state index in [-0.39, 0.29) is 13.0 Å². The molecule has 2 rings (SSSR count). The normalized spacial score (nSPS) is 12.3. The largest absolute Gasteiger partial charge is 0.497 e. The minimum absolute atomic E-state index is 0.0857. The van der Waals surface area contributed by atoms with Gasteiger partial charge in [0.05, 0.1) is 13.5 Å². The first-order valence-corrected chi connectivity index (χ1v) is 12.5. The molecule has 0 aliphatic heterocycles. The number of hydrogen-bond acceptors (Lipinski definition) is 8. The lowest BCUT2D eigenvalue weighted by Gasteiger charge is -2.24. The lowest BCUT2D eigenvalue weighted by Crippen LogP contribution is -2.53. The number of carbonyl (C=O) groups is 5. The summed E-state index contributed by atoms with van der Waals surface area (Å²) < 4.78 is 15.6. The van der Waals surface area contributed by atoms with Crippen LogP contribution in [0.2, 0.25) is 0 Å². The molecule has 2 aromatic carbocycles. The molecule has 0 saturated carbocycles. The monoisotopic (exact) mass is 557 g/mol. The quantitative estimate of drug-likeness (QED) is 0.270. The number of benzene rings is 2. The Morgan fingerprint density at radius 2 is 1.60 bits per heavy atom. The summed E-state index contributed by atoms with van der Waals surface area (Å²) in [7, 11) is 1.46. The first-order valence-electron chi connectivity index (χ1n) is 12.5. The van der Waals surface area contributed by atoms with E-state index in [0.717, 1.165) is 0 Å². The summed E-state index contributed by atoms with van der Waals surface area (Å²) in [4.78, 5) is 62.5. The number of carboxylic acids is 1. The van der Waals surface area contributed by atoms with E-state index < -0.39 is 60.4 Å². The topological polar surface area (TPSA) is 169 Å². The molecule has 0 bridgehead atoms. The minimum Gasteiger partial charge on any atom is -0.497 e. The molecule has 0 aromatic heterocycles. The minimum atomic E-state index is -1.48. The van der Waals surface area contributed by atoms with E-state index in [2.05, 4.69) is 16.0 Å². The van der Waals surface area contributed by atoms with E-state index in [1.807, 2.05) is 0 Å². The van der Waals surface area contributed by atoms with Crippen LogP contribution in [0.15, 0.2) is 54.6 Å². The molecule has 2 aromatic rings. The van der Waals surface area contributed by atoms with Crippen molar-refractivity contribution >= 4 is 35.5 Å². The van der Waals surface area contributed by atoms with Crippen molar-refractivity contribution in [3.63, 3.8) is 0 Å². The fourth-order valence-electron chi connectivity index (χ4n) is 3.41. The van der Waals surface area contributed by atoms with Crippen LogP contribution in [0.3, 0.4) is 0 Å². The number of carboxylic acid groups (broad SMARTS) is 1. The number of ether oxygens (including phenoxy) is 3. The van der Waals surface area contributed by atoms with Crippen LogP contribution in [-0.4, -0.2) is 59.7 Å². The van der Waals surface area contributed by atoms with Crippen LogP contribution >= 0.6 is 0 Å². The van der Waals surface area contributed by atoms with Crippen molar-refractivity contribution in [2.45, 2.75) is 64.3 Å². The summed E-state index contributed by atoms with van der Waals surface area (Å²) in [5.74, 6) is -3.09. The predicted molar refractivity (Wildman–Crippen MR) is 144 cm³/mol. The van der Waals surface area contributed by atoms with Gasteiger partial charge in [-0.1, -0.05) is 36.4 Å². The number of esters is 1. The van der Waals surface area contributed by atoms with Crippen molar-refractivity contribution in [1.29, 1.82) is 0 Å². The summed E-state index contributed by atoms with van der Waals surface area (Å²) in [6, 6.07) is 12.5. The summed E-state index contributed by atoms with van der Waals surface area (Å²) in [6.45, 7) is 4.85. The van der Waals surface area contributed by atoms with Crippen LogP contribution in [0.25, 0.3) is 0 Å². The first-order chi connectivity index (χ1) is 18.9.